The van der Waals surface area contributed by atoms with Crippen LogP contribution in [-0.2, 0) is 9.53 Å². The third-order valence-corrected chi connectivity index (χ3v) is 4.68. The number of benzene rings is 1. The van der Waals surface area contributed by atoms with Gasteiger partial charge in [0.25, 0.3) is 5.91 Å². The molecular weight excluding hydrogens is 308 g/mol. The minimum absolute atomic E-state index is 0.0186. The van der Waals surface area contributed by atoms with Gasteiger partial charge in [0.1, 0.15) is 5.69 Å². The van der Waals surface area contributed by atoms with Crippen molar-refractivity contribution in [1.29, 1.82) is 0 Å². The Kier molecular flexibility index (Phi) is 3.57. The number of primary amides is 1. The fraction of sp³-hybridized carbons (Fsp3) is 0.353. The second kappa shape index (κ2) is 5.76. The summed E-state index contributed by atoms with van der Waals surface area (Å²) >= 11 is 0. The Morgan fingerprint density at radius 1 is 1.21 bits per heavy atom. The molecule has 2 saturated heterocycles. The van der Waals surface area contributed by atoms with Crippen LogP contribution in [0.2, 0.25) is 0 Å². The molecule has 7 nitrogen and oxygen atoms in total. The van der Waals surface area contributed by atoms with Crippen molar-refractivity contribution in [2.45, 2.75) is 31.5 Å². The number of carbonyl (C=O) groups excluding carboxylic acids is 2. The van der Waals surface area contributed by atoms with E-state index in [9.17, 15) is 9.59 Å². The molecule has 0 saturated carbocycles. The van der Waals surface area contributed by atoms with Gasteiger partial charge < -0.3 is 15.8 Å². The summed E-state index contributed by atoms with van der Waals surface area (Å²) in [4.78, 5) is 23.5. The van der Waals surface area contributed by atoms with Crippen molar-refractivity contribution in [2.24, 2.45) is 11.7 Å². The predicted octanol–water partition coefficient (Wildman–Crippen LogP) is 1.48. The summed E-state index contributed by atoms with van der Waals surface area (Å²) in [5.41, 5.74) is 6.92. The average Bonchev–Trinajstić information content (AvgIpc) is 3.31. The topological polar surface area (TPSA) is 99.2 Å². The van der Waals surface area contributed by atoms with Crippen LogP contribution in [0.4, 0.5) is 5.69 Å². The van der Waals surface area contributed by atoms with Crippen LogP contribution in [-0.4, -0.2) is 33.8 Å². The van der Waals surface area contributed by atoms with Crippen LogP contribution >= 0.6 is 0 Å². The lowest BCUT2D eigenvalue weighted by molar-refractivity contribution is -0.121. The zero-order valence-corrected chi connectivity index (χ0v) is 13.0. The van der Waals surface area contributed by atoms with Gasteiger partial charge in [0, 0.05) is 11.9 Å². The molecule has 3 heterocycles. The van der Waals surface area contributed by atoms with E-state index in [0.29, 0.717) is 0 Å². The molecule has 0 unspecified atom stereocenters. The Morgan fingerprint density at radius 2 is 2.00 bits per heavy atom. The SMILES string of the molecule is NC(=O)c1ccn(-c2ccc(NC(=O)[C@@H]3C[C@H]4CC[C@@H]3O4)cc2)n1. The summed E-state index contributed by atoms with van der Waals surface area (Å²) in [5.74, 6) is -0.594. The molecule has 3 atom stereocenters. The second-order valence-electron chi connectivity index (χ2n) is 6.26. The molecule has 4 rings (SSSR count). The number of carbonyl (C=O) groups is 2. The molecule has 0 aliphatic carbocycles. The fourth-order valence-electron chi connectivity index (χ4n) is 3.45. The van der Waals surface area contributed by atoms with Crippen LogP contribution in [0.3, 0.4) is 0 Å². The van der Waals surface area contributed by atoms with E-state index < -0.39 is 5.91 Å². The van der Waals surface area contributed by atoms with Crippen molar-refractivity contribution in [1.82, 2.24) is 9.78 Å². The molecular formula is C17H18N4O3. The first-order valence-electron chi connectivity index (χ1n) is 8.02. The molecule has 1 aromatic heterocycles. The van der Waals surface area contributed by atoms with Crippen LogP contribution in [0, 0.1) is 5.92 Å². The maximum atomic E-state index is 12.4. The number of nitrogens with two attached hydrogens (primary N) is 1. The van der Waals surface area contributed by atoms with Crippen LogP contribution in [0.1, 0.15) is 29.8 Å². The normalized spacial score (nSPS) is 24.9. The summed E-state index contributed by atoms with van der Waals surface area (Å²) in [6.07, 6.45) is 4.86. The van der Waals surface area contributed by atoms with Gasteiger partial charge in [-0.15, -0.1) is 0 Å². The Morgan fingerprint density at radius 3 is 2.58 bits per heavy atom. The number of aromatic nitrogens is 2. The van der Waals surface area contributed by atoms with Crippen molar-refractivity contribution in [3.63, 3.8) is 0 Å². The lowest BCUT2D eigenvalue weighted by Gasteiger charge is -2.18. The zero-order valence-electron chi connectivity index (χ0n) is 13.0. The number of hydrogen-bond donors (Lipinski definition) is 2. The minimum Gasteiger partial charge on any atom is -0.374 e. The van der Waals surface area contributed by atoms with E-state index in [1.165, 1.54) is 0 Å². The van der Waals surface area contributed by atoms with Crippen molar-refractivity contribution >= 4 is 17.5 Å². The average molecular weight is 326 g/mol. The van der Waals surface area contributed by atoms with Crippen LogP contribution in [0.25, 0.3) is 5.69 Å². The molecule has 1 aromatic carbocycles. The Hall–Kier alpha value is -2.67. The Balaban J connectivity index is 1.43. The molecule has 3 N–H and O–H groups in total. The number of fused-ring (bicyclic) bond motifs is 2. The monoisotopic (exact) mass is 326 g/mol. The lowest BCUT2D eigenvalue weighted by atomic mass is 9.88. The molecule has 7 heteroatoms. The van der Waals surface area contributed by atoms with Gasteiger partial charge >= 0.3 is 0 Å². The number of rotatable bonds is 4. The Bertz CT molecular complexity index is 783. The van der Waals surface area contributed by atoms with E-state index in [2.05, 4.69) is 10.4 Å². The number of amides is 2. The Labute approximate surface area is 138 Å². The van der Waals surface area contributed by atoms with Crippen LogP contribution in [0.15, 0.2) is 36.5 Å². The molecule has 2 aromatic rings. The van der Waals surface area contributed by atoms with Gasteiger partial charge in [0.05, 0.1) is 23.8 Å². The number of anilines is 1. The summed E-state index contributed by atoms with van der Waals surface area (Å²) in [6.45, 7) is 0. The van der Waals surface area contributed by atoms with E-state index >= 15 is 0 Å². The zero-order chi connectivity index (χ0) is 16.7. The summed E-state index contributed by atoms with van der Waals surface area (Å²) < 4.78 is 7.30. The van der Waals surface area contributed by atoms with E-state index in [4.69, 9.17) is 10.5 Å². The van der Waals surface area contributed by atoms with E-state index in [1.807, 2.05) is 24.3 Å². The van der Waals surface area contributed by atoms with Crippen molar-refractivity contribution < 1.29 is 14.3 Å². The quantitative estimate of drug-likeness (QED) is 0.889. The van der Waals surface area contributed by atoms with Crippen LogP contribution in [0.5, 0.6) is 0 Å². The molecule has 2 aliphatic rings. The first-order chi connectivity index (χ1) is 11.6. The standard InChI is InChI=1S/C17H18N4O3/c18-16(22)14-7-8-21(20-14)11-3-1-10(2-4-11)19-17(23)13-9-12-5-6-15(13)24-12/h1-4,7-8,12-13,15H,5-6,9H2,(H2,18,22)(H,19,23)/t12-,13-,15+/m1/s1. The maximum absolute atomic E-state index is 12.4. The molecule has 2 amide bonds. The van der Waals surface area contributed by atoms with Crippen molar-refractivity contribution in [3.8, 4) is 5.69 Å². The van der Waals surface area contributed by atoms with Gasteiger partial charge in [-0.2, -0.15) is 5.10 Å². The maximum Gasteiger partial charge on any atom is 0.269 e. The fourth-order valence-corrected chi connectivity index (χ4v) is 3.45. The molecule has 0 radical (unpaired) electrons. The molecule has 2 fully saturated rings. The van der Waals surface area contributed by atoms with Gasteiger partial charge in [-0.3, -0.25) is 9.59 Å². The van der Waals surface area contributed by atoms with E-state index in [0.717, 1.165) is 30.6 Å². The summed E-state index contributed by atoms with van der Waals surface area (Å²) in [5, 5.41) is 7.05. The largest absolute Gasteiger partial charge is 0.374 e. The minimum atomic E-state index is -0.564. The van der Waals surface area contributed by atoms with Gasteiger partial charge in [0.15, 0.2) is 0 Å². The van der Waals surface area contributed by atoms with E-state index in [1.54, 1.807) is 16.9 Å². The van der Waals surface area contributed by atoms with Crippen LogP contribution < -0.4 is 11.1 Å². The highest BCUT2D eigenvalue weighted by Crippen LogP contribution is 2.39. The van der Waals surface area contributed by atoms with Gasteiger partial charge in [-0.25, -0.2) is 4.68 Å². The number of nitrogens with zero attached hydrogens (tertiary/aromatic N) is 2. The van der Waals surface area contributed by atoms with Crippen molar-refractivity contribution in [3.05, 3.63) is 42.2 Å². The molecule has 124 valence electrons. The van der Waals surface area contributed by atoms with E-state index in [-0.39, 0.29) is 29.7 Å². The van der Waals surface area contributed by atoms with Gasteiger partial charge in [-0.05, 0) is 49.6 Å². The van der Waals surface area contributed by atoms with Gasteiger partial charge in [-0.1, -0.05) is 0 Å². The molecule has 0 spiro atoms. The third kappa shape index (κ3) is 2.67. The summed E-state index contributed by atoms with van der Waals surface area (Å²) in [6, 6.07) is 8.84. The molecule has 24 heavy (non-hydrogen) atoms. The smallest absolute Gasteiger partial charge is 0.269 e. The first kappa shape index (κ1) is 14.9. The highest BCUT2D eigenvalue weighted by molar-refractivity contribution is 5.93. The second-order valence-corrected chi connectivity index (χ2v) is 6.26. The lowest BCUT2D eigenvalue weighted by Crippen LogP contribution is -2.30. The highest BCUT2D eigenvalue weighted by atomic mass is 16.5. The molecule has 2 aliphatic heterocycles. The number of ether oxygens (including phenoxy) is 1. The number of nitrogens with one attached hydrogen (secondary N) is 1. The first-order valence-corrected chi connectivity index (χ1v) is 8.02. The van der Waals surface area contributed by atoms with Crippen molar-refractivity contribution in [2.75, 3.05) is 5.32 Å². The molecule has 2 bridgehead atoms. The summed E-state index contributed by atoms with van der Waals surface area (Å²) in [7, 11) is 0. The third-order valence-electron chi connectivity index (χ3n) is 4.68. The van der Waals surface area contributed by atoms with Gasteiger partial charge in [0.2, 0.25) is 5.91 Å². The highest BCUT2D eigenvalue weighted by Gasteiger charge is 2.44. The predicted molar refractivity (Wildman–Crippen MR) is 86.7 cm³/mol. The number of hydrogen-bond acceptors (Lipinski definition) is 4.